The summed E-state index contributed by atoms with van der Waals surface area (Å²) in [7, 11) is 0. The van der Waals surface area contributed by atoms with Crippen LogP contribution in [-0.4, -0.2) is 17.8 Å². The minimum atomic E-state index is 0.150. The Bertz CT molecular complexity index is 455. The normalized spacial score (nSPS) is 14.2. The second-order valence-electron chi connectivity index (χ2n) is 4.89. The van der Waals surface area contributed by atoms with Crippen LogP contribution in [0.4, 0.5) is 0 Å². The summed E-state index contributed by atoms with van der Waals surface area (Å²) in [6, 6.07) is 14.8. The van der Waals surface area contributed by atoms with Crippen molar-refractivity contribution in [3.05, 3.63) is 58.3 Å². The quantitative estimate of drug-likeness (QED) is 0.812. The van der Waals surface area contributed by atoms with Crippen molar-refractivity contribution >= 4 is 11.3 Å². The van der Waals surface area contributed by atoms with Gasteiger partial charge in [-0.2, -0.15) is 0 Å². The van der Waals surface area contributed by atoms with Crippen LogP contribution in [0.5, 0.6) is 0 Å². The molecule has 19 heavy (non-hydrogen) atoms. The molecule has 102 valence electrons. The number of rotatable bonds is 7. The predicted octanol–water partition coefficient (Wildman–Crippen LogP) is 3.39. The van der Waals surface area contributed by atoms with E-state index >= 15 is 0 Å². The number of aliphatic hydroxyl groups is 1. The van der Waals surface area contributed by atoms with E-state index in [1.807, 2.05) is 6.07 Å². The molecular formula is C16H21NOS. The van der Waals surface area contributed by atoms with Crippen molar-refractivity contribution in [2.75, 3.05) is 6.61 Å². The summed E-state index contributed by atoms with van der Waals surface area (Å²) in [6.07, 6.45) is 0.950. The first kappa shape index (κ1) is 14.3. The van der Waals surface area contributed by atoms with Gasteiger partial charge in [0.15, 0.2) is 0 Å². The van der Waals surface area contributed by atoms with E-state index in [2.05, 4.69) is 54.0 Å². The molecule has 3 heteroatoms. The third kappa shape index (κ3) is 4.46. The molecule has 0 fully saturated rings. The van der Waals surface area contributed by atoms with Crippen LogP contribution in [0.25, 0.3) is 0 Å². The first-order valence-corrected chi connectivity index (χ1v) is 7.59. The summed E-state index contributed by atoms with van der Waals surface area (Å²) in [6.45, 7) is 3.23. The smallest absolute Gasteiger partial charge is 0.0584 e. The van der Waals surface area contributed by atoms with Gasteiger partial charge in [-0.1, -0.05) is 43.3 Å². The predicted molar refractivity (Wildman–Crippen MR) is 81.5 cm³/mol. The molecule has 0 aliphatic carbocycles. The van der Waals surface area contributed by atoms with Crippen LogP contribution in [0.15, 0.2) is 47.8 Å². The van der Waals surface area contributed by atoms with Crippen LogP contribution in [0, 0.1) is 0 Å². The monoisotopic (exact) mass is 275 g/mol. The summed E-state index contributed by atoms with van der Waals surface area (Å²) >= 11 is 1.75. The van der Waals surface area contributed by atoms with Gasteiger partial charge in [0, 0.05) is 17.5 Å². The van der Waals surface area contributed by atoms with Gasteiger partial charge in [-0.25, -0.2) is 0 Å². The van der Waals surface area contributed by atoms with Gasteiger partial charge in [-0.15, -0.1) is 11.3 Å². The highest BCUT2D eigenvalue weighted by molar-refractivity contribution is 7.09. The fraction of sp³-hybridized carbons (Fsp3) is 0.375. The van der Waals surface area contributed by atoms with Gasteiger partial charge in [0.2, 0.25) is 0 Å². The summed E-state index contributed by atoms with van der Waals surface area (Å²) in [5.41, 5.74) is 1.33. The molecule has 2 nitrogen and oxygen atoms in total. The highest BCUT2D eigenvalue weighted by Crippen LogP contribution is 2.20. The van der Waals surface area contributed by atoms with E-state index in [1.165, 1.54) is 10.4 Å². The summed E-state index contributed by atoms with van der Waals surface area (Å²) < 4.78 is 0. The number of thiophene rings is 1. The van der Waals surface area contributed by atoms with E-state index in [9.17, 15) is 5.11 Å². The molecule has 2 N–H and O–H groups in total. The molecule has 0 saturated carbocycles. The molecule has 1 aromatic heterocycles. The second kappa shape index (κ2) is 7.43. The zero-order valence-electron chi connectivity index (χ0n) is 11.3. The van der Waals surface area contributed by atoms with Gasteiger partial charge in [0.05, 0.1) is 6.61 Å². The molecule has 0 bridgehead atoms. The van der Waals surface area contributed by atoms with Gasteiger partial charge < -0.3 is 10.4 Å². The molecule has 0 amide bonds. The number of nitrogens with one attached hydrogen (secondary N) is 1. The SMILES string of the molecule is CC(CC(CO)NCc1cccs1)c1ccccc1. The van der Waals surface area contributed by atoms with E-state index in [4.69, 9.17) is 0 Å². The molecule has 0 spiro atoms. The molecule has 0 aliphatic rings. The van der Waals surface area contributed by atoms with Gasteiger partial charge in [0.25, 0.3) is 0 Å². The zero-order valence-corrected chi connectivity index (χ0v) is 12.1. The van der Waals surface area contributed by atoms with Crippen molar-refractivity contribution in [3.8, 4) is 0 Å². The first-order chi connectivity index (χ1) is 9.29. The molecule has 2 atom stereocenters. The van der Waals surface area contributed by atoms with Gasteiger partial charge in [-0.3, -0.25) is 0 Å². The maximum Gasteiger partial charge on any atom is 0.0584 e. The third-order valence-electron chi connectivity index (χ3n) is 3.37. The van der Waals surface area contributed by atoms with Gasteiger partial charge in [0.1, 0.15) is 0 Å². The van der Waals surface area contributed by atoms with Gasteiger partial charge in [-0.05, 0) is 29.3 Å². The third-order valence-corrected chi connectivity index (χ3v) is 4.25. The average Bonchev–Trinajstić information content (AvgIpc) is 2.97. The maximum absolute atomic E-state index is 9.49. The van der Waals surface area contributed by atoms with Crippen LogP contribution < -0.4 is 5.32 Å². The molecule has 1 heterocycles. The summed E-state index contributed by atoms with van der Waals surface area (Å²) in [5, 5.41) is 15.0. The molecule has 0 radical (unpaired) electrons. The Morgan fingerprint density at radius 1 is 1.16 bits per heavy atom. The van der Waals surface area contributed by atoms with Gasteiger partial charge >= 0.3 is 0 Å². The molecule has 2 unspecified atom stereocenters. The number of aliphatic hydroxyl groups excluding tert-OH is 1. The van der Waals surface area contributed by atoms with Crippen LogP contribution >= 0.6 is 11.3 Å². The lowest BCUT2D eigenvalue weighted by atomic mass is 9.94. The lowest BCUT2D eigenvalue weighted by Gasteiger charge is -2.20. The lowest BCUT2D eigenvalue weighted by Crippen LogP contribution is -2.33. The Hall–Kier alpha value is -1.16. The second-order valence-corrected chi connectivity index (χ2v) is 5.92. The van der Waals surface area contributed by atoms with Crippen molar-refractivity contribution in [2.45, 2.75) is 31.8 Å². The maximum atomic E-state index is 9.49. The topological polar surface area (TPSA) is 32.3 Å². The molecular weight excluding hydrogens is 254 g/mol. The Balaban J connectivity index is 1.85. The minimum Gasteiger partial charge on any atom is -0.395 e. The standard InChI is InChI=1S/C16H21NOS/c1-13(14-6-3-2-4-7-14)10-15(12-18)17-11-16-8-5-9-19-16/h2-9,13,15,17-18H,10-12H2,1H3. The van der Waals surface area contributed by atoms with Crippen LogP contribution in [0.3, 0.4) is 0 Å². The number of hydrogen-bond acceptors (Lipinski definition) is 3. The van der Waals surface area contributed by atoms with E-state index in [0.717, 1.165) is 13.0 Å². The fourth-order valence-electron chi connectivity index (χ4n) is 2.22. The van der Waals surface area contributed by atoms with Crippen LogP contribution in [-0.2, 0) is 6.54 Å². The molecule has 1 aromatic carbocycles. The lowest BCUT2D eigenvalue weighted by molar-refractivity contribution is 0.230. The van der Waals surface area contributed by atoms with Crippen molar-refractivity contribution in [1.29, 1.82) is 0 Å². The molecule has 2 rings (SSSR count). The highest BCUT2D eigenvalue weighted by atomic mass is 32.1. The van der Waals surface area contributed by atoms with Crippen molar-refractivity contribution in [1.82, 2.24) is 5.32 Å². The highest BCUT2D eigenvalue weighted by Gasteiger charge is 2.13. The van der Waals surface area contributed by atoms with Crippen LogP contribution in [0.1, 0.15) is 29.7 Å². The van der Waals surface area contributed by atoms with Crippen LogP contribution in [0.2, 0.25) is 0 Å². The Morgan fingerprint density at radius 2 is 1.95 bits per heavy atom. The summed E-state index contributed by atoms with van der Waals surface area (Å²) in [4.78, 5) is 1.31. The van der Waals surface area contributed by atoms with Crippen molar-refractivity contribution in [3.63, 3.8) is 0 Å². The molecule has 0 saturated heterocycles. The van der Waals surface area contributed by atoms with E-state index in [1.54, 1.807) is 11.3 Å². The van der Waals surface area contributed by atoms with E-state index in [0.29, 0.717) is 5.92 Å². The zero-order chi connectivity index (χ0) is 13.5. The van der Waals surface area contributed by atoms with E-state index < -0.39 is 0 Å². The first-order valence-electron chi connectivity index (χ1n) is 6.71. The Labute approximate surface area is 119 Å². The number of hydrogen-bond donors (Lipinski definition) is 2. The largest absolute Gasteiger partial charge is 0.395 e. The Morgan fingerprint density at radius 3 is 2.58 bits per heavy atom. The fourth-order valence-corrected chi connectivity index (χ4v) is 2.88. The van der Waals surface area contributed by atoms with E-state index in [-0.39, 0.29) is 12.6 Å². The minimum absolute atomic E-state index is 0.150. The van der Waals surface area contributed by atoms with Crippen molar-refractivity contribution in [2.24, 2.45) is 0 Å². The Kier molecular flexibility index (Phi) is 5.58. The van der Waals surface area contributed by atoms with Crippen molar-refractivity contribution < 1.29 is 5.11 Å². The summed E-state index contributed by atoms with van der Waals surface area (Å²) in [5.74, 6) is 0.453. The molecule has 0 aliphatic heterocycles. The molecule has 2 aromatic rings. The average molecular weight is 275 g/mol. The number of benzene rings is 1.